The molecule has 0 radical (unpaired) electrons. The number of nitrogens with zero attached hydrogens (tertiary/aromatic N) is 1. The van der Waals surface area contributed by atoms with Crippen molar-refractivity contribution < 1.29 is 24.3 Å². The second-order valence-corrected chi connectivity index (χ2v) is 5.95. The lowest BCUT2D eigenvalue weighted by Crippen LogP contribution is -2.48. The lowest BCUT2D eigenvalue weighted by atomic mass is 10.2. The number of carboxylic acid groups (broad SMARTS) is 1. The molecule has 0 aromatic rings. The number of aliphatic carboxylic acids is 1. The SMILES string of the molecule is CC(C)(C)OC[C@H](C(=O)O)N(C=O)OC(C)(C)C. The summed E-state index contributed by atoms with van der Waals surface area (Å²) in [6.07, 6.45) is 0.357. The van der Waals surface area contributed by atoms with Gasteiger partial charge >= 0.3 is 5.97 Å². The Morgan fingerprint density at radius 1 is 1.22 bits per heavy atom. The molecule has 0 bridgehead atoms. The van der Waals surface area contributed by atoms with E-state index in [4.69, 9.17) is 14.7 Å². The fourth-order valence-corrected chi connectivity index (χ4v) is 1.06. The summed E-state index contributed by atoms with van der Waals surface area (Å²) in [5.41, 5.74) is -1.14. The predicted molar refractivity (Wildman–Crippen MR) is 65.9 cm³/mol. The van der Waals surface area contributed by atoms with Crippen LogP contribution in [0.2, 0.25) is 0 Å². The van der Waals surface area contributed by atoms with Crippen LogP contribution in [0.15, 0.2) is 0 Å². The van der Waals surface area contributed by atoms with Crippen molar-refractivity contribution in [1.29, 1.82) is 0 Å². The van der Waals surface area contributed by atoms with Crippen molar-refractivity contribution in [3.63, 3.8) is 0 Å². The van der Waals surface area contributed by atoms with Gasteiger partial charge in [-0.05, 0) is 41.5 Å². The van der Waals surface area contributed by atoms with Crippen molar-refractivity contribution in [3.8, 4) is 0 Å². The van der Waals surface area contributed by atoms with Crippen LogP contribution in [0.3, 0.4) is 0 Å². The molecule has 0 aromatic carbocycles. The number of amides is 1. The van der Waals surface area contributed by atoms with Gasteiger partial charge in [0, 0.05) is 0 Å². The second-order valence-electron chi connectivity index (χ2n) is 5.95. The Kier molecular flexibility index (Phi) is 5.76. The van der Waals surface area contributed by atoms with Crippen LogP contribution in [0, 0.1) is 0 Å². The molecule has 1 amide bonds. The van der Waals surface area contributed by atoms with Gasteiger partial charge in [0.15, 0.2) is 6.04 Å². The highest BCUT2D eigenvalue weighted by Crippen LogP contribution is 2.14. The van der Waals surface area contributed by atoms with Crippen LogP contribution in [0.5, 0.6) is 0 Å². The molecule has 0 aliphatic carbocycles. The van der Waals surface area contributed by atoms with Gasteiger partial charge in [-0.15, -0.1) is 0 Å². The van der Waals surface area contributed by atoms with Gasteiger partial charge in [0.2, 0.25) is 6.41 Å². The van der Waals surface area contributed by atoms with E-state index < -0.39 is 23.2 Å². The number of hydrogen-bond acceptors (Lipinski definition) is 4. The molecule has 0 saturated heterocycles. The molecule has 6 heteroatoms. The van der Waals surface area contributed by atoms with E-state index in [1.165, 1.54) is 0 Å². The van der Waals surface area contributed by atoms with E-state index in [-0.39, 0.29) is 6.61 Å². The molecule has 18 heavy (non-hydrogen) atoms. The first kappa shape index (κ1) is 16.9. The van der Waals surface area contributed by atoms with Gasteiger partial charge in [0.05, 0.1) is 17.8 Å². The number of carbonyl (C=O) groups excluding carboxylic acids is 1. The number of ether oxygens (including phenoxy) is 1. The van der Waals surface area contributed by atoms with Gasteiger partial charge in [-0.1, -0.05) is 0 Å². The van der Waals surface area contributed by atoms with Crippen LogP contribution >= 0.6 is 0 Å². The highest BCUT2D eigenvalue weighted by Gasteiger charge is 2.30. The van der Waals surface area contributed by atoms with Crippen molar-refractivity contribution in [2.24, 2.45) is 0 Å². The Hall–Kier alpha value is -1.14. The van der Waals surface area contributed by atoms with Crippen molar-refractivity contribution in [1.82, 2.24) is 5.06 Å². The largest absolute Gasteiger partial charge is 0.480 e. The van der Waals surface area contributed by atoms with E-state index >= 15 is 0 Å². The number of carbonyl (C=O) groups is 2. The van der Waals surface area contributed by atoms with E-state index in [9.17, 15) is 9.59 Å². The maximum atomic E-state index is 11.1. The quantitative estimate of drug-likeness (QED) is 0.578. The smallest absolute Gasteiger partial charge is 0.331 e. The molecule has 0 saturated carbocycles. The second kappa shape index (κ2) is 6.15. The van der Waals surface area contributed by atoms with E-state index in [0.29, 0.717) is 6.41 Å². The number of rotatable bonds is 6. The fraction of sp³-hybridized carbons (Fsp3) is 0.833. The number of hydrogen-bond donors (Lipinski definition) is 1. The van der Waals surface area contributed by atoms with E-state index in [0.717, 1.165) is 5.06 Å². The monoisotopic (exact) mass is 261 g/mol. The third kappa shape index (κ3) is 7.24. The van der Waals surface area contributed by atoms with Gasteiger partial charge in [-0.2, -0.15) is 0 Å². The summed E-state index contributed by atoms with van der Waals surface area (Å²) in [7, 11) is 0. The molecule has 0 rings (SSSR count). The Bertz CT molecular complexity index is 290. The molecule has 0 heterocycles. The van der Waals surface area contributed by atoms with E-state index in [1.54, 1.807) is 20.8 Å². The summed E-state index contributed by atoms with van der Waals surface area (Å²) in [5, 5.41) is 9.89. The molecule has 1 N–H and O–H groups in total. The van der Waals surface area contributed by atoms with Gasteiger partial charge in [0.1, 0.15) is 0 Å². The third-order valence-electron chi connectivity index (χ3n) is 1.75. The molecule has 0 aliphatic heterocycles. The molecule has 0 spiro atoms. The zero-order valence-corrected chi connectivity index (χ0v) is 11.9. The summed E-state index contributed by atoms with van der Waals surface area (Å²) in [6.45, 7) is 10.5. The predicted octanol–water partition coefficient (Wildman–Crippen LogP) is 1.44. The molecule has 106 valence electrons. The molecule has 0 fully saturated rings. The first-order chi connectivity index (χ1) is 7.96. The number of carboxylic acids is 1. The number of hydroxylamine groups is 2. The third-order valence-corrected chi connectivity index (χ3v) is 1.75. The Labute approximate surface area is 108 Å². The topological polar surface area (TPSA) is 76.1 Å². The van der Waals surface area contributed by atoms with Gasteiger partial charge in [0.25, 0.3) is 0 Å². The summed E-state index contributed by atoms with van der Waals surface area (Å²) in [4.78, 5) is 27.4. The molecule has 1 atom stereocenters. The molecule has 0 unspecified atom stereocenters. The zero-order valence-electron chi connectivity index (χ0n) is 11.9. The Morgan fingerprint density at radius 2 is 1.72 bits per heavy atom. The average molecular weight is 261 g/mol. The summed E-state index contributed by atoms with van der Waals surface area (Å²) < 4.78 is 5.39. The standard InChI is InChI=1S/C12H23NO5/c1-11(2,3)17-7-9(10(15)16)13(8-14)18-12(4,5)6/h8-9H,7H2,1-6H3,(H,15,16)/t9-/m1/s1. The highest BCUT2D eigenvalue weighted by atomic mass is 16.7. The van der Waals surface area contributed by atoms with Gasteiger partial charge < -0.3 is 9.84 Å². The van der Waals surface area contributed by atoms with Crippen molar-refractivity contribution in [3.05, 3.63) is 0 Å². The highest BCUT2D eigenvalue weighted by molar-refractivity contribution is 5.75. The van der Waals surface area contributed by atoms with Crippen molar-refractivity contribution in [2.75, 3.05) is 6.61 Å². The lowest BCUT2D eigenvalue weighted by molar-refractivity contribution is -0.242. The summed E-state index contributed by atoms with van der Waals surface area (Å²) in [6, 6.07) is -1.17. The lowest BCUT2D eigenvalue weighted by Gasteiger charge is -2.32. The maximum Gasteiger partial charge on any atom is 0.331 e. The summed E-state index contributed by atoms with van der Waals surface area (Å²) in [5.74, 6) is -1.17. The minimum atomic E-state index is -1.17. The molecule has 0 aromatic heterocycles. The fourth-order valence-electron chi connectivity index (χ4n) is 1.06. The Morgan fingerprint density at radius 3 is 2.00 bits per heavy atom. The van der Waals surface area contributed by atoms with E-state index in [2.05, 4.69) is 0 Å². The van der Waals surface area contributed by atoms with Crippen LogP contribution in [0.1, 0.15) is 41.5 Å². The first-order valence-electron chi connectivity index (χ1n) is 5.76. The zero-order chi connectivity index (χ0) is 14.6. The molecule has 0 aliphatic rings. The first-order valence-corrected chi connectivity index (χ1v) is 5.76. The molecular formula is C12H23NO5. The van der Waals surface area contributed by atoms with Crippen molar-refractivity contribution >= 4 is 12.4 Å². The summed E-state index contributed by atoms with van der Waals surface area (Å²) >= 11 is 0. The maximum absolute atomic E-state index is 11.1. The minimum absolute atomic E-state index is 0.131. The average Bonchev–Trinajstić information content (AvgIpc) is 2.11. The van der Waals surface area contributed by atoms with Crippen LogP contribution < -0.4 is 0 Å². The molecule has 6 nitrogen and oxygen atoms in total. The molecular weight excluding hydrogens is 238 g/mol. The normalized spacial score (nSPS) is 14.1. The minimum Gasteiger partial charge on any atom is -0.480 e. The van der Waals surface area contributed by atoms with Crippen LogP contribution in [-0.2, 0) is 19.2 Å². The van der Waals surface area contributed by atoms with Gasteiger partial charge in [-0.3, -0.25) is 9.63 Å². The van der Waals surface area contributed by atoms with Crippen LogP contribution in [0.25, 0.3) is 0 Å². The van der Waals surface area contributed by atoms with Crippen LogP contribution in [0.4, 0.5) is 0 Å². The van der Waals surface area contributed by atoms with Crippen molar-refractivity contribution in [2.45, 2.75) is 58.8 Å². The van der Waals surface area contributed by atoms with Gasteiger partial charge in [-0.25, -0.2) is 9.86 Å². The Balaban J connectivity index is 4.75. The van der Waals surface area contributed by atoms with Crippen LogP contribution in [-0.4, -0.2) is 46.4 Å². The van der Waals surface area contributed by atoms with E-state index in [1.807, 2.05) is 20.8 Å².